The van der Waals surface area contributed by atoms with Crippen molar-refractivity contribution in [3.8, 4) is 28.7 Å². The van der Waals surface area contributed by atoms with Crippen LogP contribution >= 0.6 is 0 Å². The molecule has 0 saturated carbocycles. The average molecular weight is 629 g/mol. The van der Waals surface area contributed by atoms with E-state index in [-0.39, 0.29) is 5.92 Å². The van der Waals surface area contributed by atoms with Crippen molar-refractivity contribution in [2.24, 2.45) is 0 Å². The Balaban J connectivity index is 1.43. The summed E-state index contributed by atoms with van der Waals surface area (Å²) in [5.74, 6) is 3.82. The summed E-state index contributed by atoms with van der Waals surface area (Å²) in [4.78, 5) is 4.64. The van der Waals surface area contributed by atoms with Gasteiger partial charge in [-0.05, 0) is 84.6 Å². The third-order valence-electron chi connectivity index (χ3n) is 9.19. The van der Waals surface area contributed by atoms with Crippen molar-refractivity contribution in [2.45, 2.75) is 25.4 Å². The SMILES string of the molecule is COCc1ccccc1C1c2ccc(N3CCCC3)cc2Oc2cc(OC)c(N(c3ccc(OC)cc3)c3ccc(OC)cc3)cc21. The van der Waals surface area contributed by atoms with Crippen molar-refractivity contribution in [3.63, 3.8) is 0 Å². The Hall–Kier alpha value is -5.14. The van der Waals surface area contributed by atoms with Gasteiger partial charge in [0.05, 0.1) is 33.6 Å². The molecule has 7 nitrogen and oxygen atoms in total. The van der Waals surface area contributed by atoms with Crippen LogP contribution in [0.3, 0.4) is 0 Å². The monoisotopic (exact) mass is 628 g/mol. The summed E-state index contributed by atoms with van der Waals surface area (Å²) >= 11 is 0. The zero-order valence-corrected chi connectivity index (χ0v) is 27.4. The van der Waals surface area contributed by atoms with Gasteiger partial charge in [-0.3, -0.25) is 0 Å². The molecule has 0 bridgehead atoms. The first kappa shape index (κ1) is 30.5. The predicted octanol–water partition coefficient (Wildman–Crippen LogP) is 9.21. The zero-order valence-electron chi connectivity index (χ0n) is 27.4. The Bertz CT molecular complexity index is 1800. The molecule has 0 amide bonds. The lowest BCUT2D eigenvalue weighted by Crippen LogP contribution is -2.19. The Kier molecular flexibility index (Phi) is 8.64. The standard InChI is InChI=1S/C40H40N2O5/c1-43-26-27-9-5-6-10-33(27)40-34-20-15-30(41-21-7-8-22-41)23-37(34)47-38-25-39(46-4)36(24-35(38)40)42(28-11-16-31(44-2)17-12-28)29-13-18-32(45-3)19-14-29/h5-6,9-20,23-25,40H,7-8,21-22,26H2,1-4H3. The van der Waals surface area contributed by atoms with Gasteiger partial charge in [0.25, 0.3) is 0 Å². The second kappa shape index (κ2) is 13.3. The van der Waals surface area contributed by atoms with Crippen molar-refractivity contribution >= 4 is 22.7 Å². The molecule has 1 unspecified atom stereocenters. The van der Waals surface area contributed by atoms with Crippen LogP contribution in [-0.4, -0.2) is 41.5 Å². The molecule has 0 N–H and O–H groups in total. The maximum Gasteiger partial charge on any atom is 0.146 e. The summed E-state index contributed by atoms with van der Waals surface area (Å²) < 4.78 is 29.6. The van der Waals surface area contributed by atoms with Crippen LogP contribution < -0.4 is 28.7 Å². The maximum absolute atomic E-state index is 6.79. The van der Waals surface area contributed by atoms with Gasteiger partial charge < -0.3 is 33.5 Å². The molecular formula is C40H40N2O5. The van der Waals surface area contributed by atoms with E-state index < -0.39 is 0 Å². The molecule has 2 aliphatic rings. The van der Waals surface area contributed by atoms with Gasteiger partial charge in [-0.1, -0.05) is 30.3 Å². The Morgan fingerprint density at radius 1 is 0.660 bits per heavy atom. The lowest BCUT2D eigenvalue weighted by atomic mass is 9.80. The molecule has 2 heterocycles. The molecule has 47 heavy (non-hydrogen) atoms. The van der Waals surface area contributed by atoms with E-state index in [4.69, 9.17) is 23.7 Å². The first-order valence-corrected chi connectivity index (χ1v) is 16.1. The van der Waals surface area contributed by atoms with Crippen LogP contribution in [0.4, 0.5) is 22.7 Å². The first-order valence-electron chi connectivity index (χ1n) is 16.1. The number of rotatable bonds is 10. The molecule has 0 aromatic heterocycles. The number of benzene rings is 5. The summed E-state index contributed by atoms with van der Waals surface area (Å²) in [6.07, 6.45) is 2.43. The van der Waals surface area contributed by atoms with E-state index in [0.717, 1.165) is 69.8 Å². The van der Waals surface area contributed by atoms with Gasteiger partial charge in [0, 0.05) is 66.4 Å². The number of methoxy groups -OCH3 is 4. The molecule has 240 valence electrons. The molecule has 7 rings (SSSR count). The van der Waals surface area contributed by atoms with E-state index in [9.17, 15) is 0 Å². The van der Waals surface area contributed by atoms with E-state index in [1.165, 1.54) is 24.1 Å². The third kappa shape index (κ3) is 5.83. The maximum atomic E-state index is 6.79. The molecule has 0 aliphatic carbocycles. The molecule has 1 saturated heterocycles. The van der Waals surface area contributed by atoms with Gasteiger partial charge in [-0.2, -0.15) is 0 Å². The quantitative estimate of drug-likeness (QED) is 0.150. The van der Waals surface area contributed by atoms with E-state index in [2.05, 4.69) is 82.6 Å². The highest BCUT2D eigenvalue weighted by molar-refractivity contribution is 5.83. The molecule has 5 aromatic carbocycles. The van der Waals surface area contributed by atoms with Gasteiger partial charge in [-0.15, -0.1) is 0 Å². The van der Waals surface area contributed by atoms with Crippen molar-refractivity contribution in [1.29, 1.82) is 0 Å². The topological polar surface area (TPSA) is 52.6 Å². The van der Waals surface area contributed by atoms with E-state index in [1.54, 1.807) is 28.4 Å². The summed E-state index contributed by atoms with van der Waals surface area (Å²) in [6, 6.07) is 35.6. The number of anilines is 4. The van der Waals surface area contributed by atoms with Crippen molar-refractivity contribution in [3.05, 3.63) is 125 Å². The number of hydrogen-bond donors (Lipinski definition) is 0. The predicted molar refractivity (Wildman–Crippen MR) is 187 cm³/mol. The second-order valence-corrected chi connectivity index (χ2v) is 11.9. The first-order chi connectivity index (χ1) is 23.1. The third-order valence-corrected chi connectivity index (χ3v) is 9.19. The molecule has 0 radical (unpaired) electrons. The number of nitrogens with zero attached hydrogens (tertiary/aromatic N) is 2. The van der Waals surface area contributed by atoms with Crippen molar-refractivity contribution in [2.75, 3.05) is 51.3 Å². The van der Waals surface area contributed by atoms with Crippen LogP contribution in [0.1, 0.15) is 41.0 Å². The summed E-state index contributed by atoms with van der Waals surface area (Å²) in [6.45, 7) is 2.65. The normalized spacial score (nSPS) is 15.0. The Labute approximate surface area is 276 Å². The van der Waals surface area contributed by atoms with Gasteiger partial charge in [0.2, 0.25) is 0 Å². The molecule has 1 fully saturated rings. The van der Waals surface area contributed by atoms with Crippen molar-refractivity contribution < 1.29 is 23.7 Å². The Morgan fingerprint density at radius 2 is 1.30 bits per heavy atom. The molecule has 1 atom stereocenters. The minimum Gasteiger partial charge on any atom is -0.497 e. The fourth-order valence-electron chi connectivity index (χ4n) is 6.85. The lowest BCUT2D eigenvalue weighted by molar-refractivity contribution is 0.184. The van der Waals surface area contributed by atoms with Crippen LogP contribution in [0.15, 0.2) is 103 Å². The van der Waals surface area contributed by atoms with Crippen molar-refractivity contribution in [1.82, 2.24) is 0 Å². The molecule has 2 aliphatic heterocycles. The van der Waals surface area contributed by atoms with Gasteiger partial charge in [0.15, 0.2) is 0 Å². The van der Waals surface area contributed by atoms with E-state index in [1.807, 2.05) is 30.3 Å². The zero-order chi connectivity index (χ0) is 32.3. The van der Waals surface area contributed by atoms with E-state index in [0.29, 0.717) is 12.4 Å². The van der Waals surface area contributed by atoms with Crippen LogP contribution in [0.2, 0.25) is 0 Å². The Morgan fingerprint density at radius 3 is 1.91 bits per heavy atom. The summed E-state index contributed by atoms with van der Waals surface area (Å²) in [7, 11) is 6.81. The minimum atomic E-state index is -0.0917. The number of hydrogen-bond acceptors (Lipinski definition) is 7. The van der Waals surface area contributed by atoms with Gasteiger partial charge in [-0.25, -0.2) is 0 Å². The fraction of sp³-hybridized carbons (Fsp3) is 0.250. The van der Waals surface area contributed by atoms with Crippen LogP contribution in [0, 0.1) is 0 Å². The summed E-state index contributed by atoms with van der Waals surface area (Å²) in [5, 5.41) is 0. The molecule has 5 aromatic rings. The number of fused-ring (bicyclic) bond motifs is 2. The highest BCUT2D eigenvalue weighted by atomic mass is 16.5. The fourth-order valence-corrected chi connectivity index (χ4v) is 6.85. The smallest absolute Gasteiger partial charge is 0.146 e. The largest absolute Gasteiger partial charge is 0.497 e. The number of ether oxygens (including phenoxy) is 5. The highest BCUT2D eigenvalue weighted by Crippen LogP contribution is 2.53. The van der Waals surface area contributed by atoms with Crippen LogP contribution in [0.5, 0.6) is 28.7 Å². The highest BCUT2D eigenvalue weighted by Gasteiger charge is 2.33. The van der Waals surface area contributed by atoms with Crippen LogP contribution in [0.25, 0.3) is 0 Å². The second-order valence-electron chi connectivity index (χ2n) is 11.9. The lowest BCUT2D eigenvalue weighted by Gasteiger charge is -2.34. The molecule has 7 heteroatoms. The van der Waals surface area contributed by atoms with Gasteiger partial charge in [0.1, 0.15) is 28.7 Å². The summed E-state index contributed by atoms with van der Waals surface area (Å²) in [5.41, 5.74) is 8.50. The van der Waals surface area contributed by atoms with Crippen LogP contribution in [-0.2, 0) is 11.3 Å². The molecular weight excluding hydrogens is 588 g/mol. The minimum absolute atomic E-state index is 0.0917. The molecule has 0 spiro atoms. The average Bonchev–Trinajstić information content (AvgIpc) is 3.67. The van der Waals surface area contributed by atoms with Gasteiger partial charge >= 0.3 is 0 Å². The van der Waals surface area contributed by atoms with E-state index >= 15 is 0 Å².